The largest absolute Gasteiger partial charge is 0.282 e. The maximum atomic E-state index is 10.2. The SMILES string of the molecule is CC.CN=NN(C)CCCCc1ccc(N=O)cc1. The number of hydrogen-bond donors (Lipinski definition) is 0. The van der Waals surface area contributed by atoms with E-state index >= 15 is 0 Å². The summed E-state index contributed by atoms with van der Waals surface area (Å²) in [5.74, 6) is 0. The van der Waals surface area contributed by atoms with Crippen molar-refractivity contribution in [3.8, 4) is 0 Å². The predicted octanol–water partition coefficient (Wildman–Crippen LogP) is 4.36. The second-order valence-electron chi connectivity index (χ2n) is 3.89. The third kappa shape index (κ3) is 8.02. The van der Waals surface area contributed by atoms with Gasteiger partial charge in [0.15, 0.2) is 0 Å². The van der Waals surface area contributed by atoms with Crippen LogP contribution in [0.15, 0.2) is 39.8 Å². The van der Waals surface area contributed by atoms with Crippen molar-refractivity contribution in [3.63, 3.8) is 0 Å². The number of benzene rings is 1. The van der Waals surface area contributed by atoms with Gasteiger partial charge in [0.05, 0.1) is 7.05 Å². The fourth-order valence-electron chi connectivity index (χ4n) is 1.59. The van der Waals surface area contributed by atoms with Crippen LogP contribution in [0.1, 0.15) is 32.3 Å². The van der Waals surface area contributed by atoms with Gasteiger partial charge in [0.1, 0.15) is 5.69 Å². The molecule has 0 unspecified atom stereocenters. The summed E-state index contributed by atoms with van der Waals surface area (Å²) in [5, 5.41) is 12.3. The third-order valence-corrected chi connectivity index (χ3v) is 2.48. The number of nitrogens with zero attached hydrogens (tertiary/aromatic N) is 4. The molecule has 1 aromatic carbocycles. The third-order valence-electron chi connectivity index (χ3n) is 2.48. The molecule has 0 bridgehead atoms. The van der Waals surface area contributed by atoms with E-state index in [1.165, 1.54) is 5.56 Å². The summed E-state index contributed by atoms with van der Waals surface area (Å²) in [7, 11) is 3.58. The Bertz CT molecular complexity index is 362. The van der Waals surface area contributed by atoms with E-state index in [4.69, 9.17) is 0 Å². The molecule has 0 radical (unpaired) electrons. The lowest BCUT2D eigenvalue weighted by Crippen LogP contribution is -2.11. The van der Waals surface area contributed by atoms with Gasteiger partial charge in [0.2, 0.25) is 0 Å². The second kappa shape index (κ2) is 11.3. The van der Waals surface area contributed by atoms with Crippen molar-refractivity contribution in [1.29, 1.82) is 0 Å². The van der Waals surface area contributed by atoms with E-state index in [1.807, 2.05) is 38.0 Å². The molecule has 0 atom stereocenters. The van der Waals surface area contributed by atoms with Crippen LogP contribution in [0.5, 0.6) is 0 Å². The Morgan fingerprint density at radius 2 is 1.74 bits per heavy atom. The van der Waals surface area contributed by atoms with E-state index < -0.39 is 0 Å². The Morgan fingerprint density at radius 3 is 2.26 bits per heavy atom. The molecule has 0 fully saturated rings. The first kappa shape index (κ1) is 17.2. The van der Waals surface area contributed by atoms with Gasteiger partial charge in [-0.2, -0.15) is 5.11 Å². The normalized spacial score (nSPS) is 9.89. The first-order valence-electron chi connectivity index (χ1n) is 6.69. The maximum Gasteiger partial charge on any atom is 0.108 e. The van der Waals surface area contributed by atoms with Crippen molar-refractivity contribution in [2.45, 2.75) is 33.1 Å². The van der Waals surface area contributed by atoms with Crippen LogP contribution in [-0.4, -0.2) is 25.6 Å². The molecule has 1 aromatic rings. The Labute approximate surface area is 115 Å². The Hall–Kier alpha value is -1.78. The molecule has 0 aliphatic rings. The first-order valence-corrected chi connectivity index (χ1v) is 6.69. The van der Waals surface area contributed by atoms with E-state index in [9.17, 15) is 4.91 Å². The zero-order valence-electron chi connectivity index (χ0n) is 12.3. The van der Waals surface area contributed by atoms with E-state index in [0.29, 0.717) is 5.69 Å². The second-order valence-corrected chi connectivity index (χ2v) is 3.89. The minimum absolute atomic E-state index is 0.483. The lowest BCUT2D eigenvalue weighted by atomic mass is 10.1. The summed E-state index contributed by atoms with van der Waals surface area (Å²) in [4.78, 5) is 10.2. The van der Waals surface area contributed by atoms with Gasteiger partial charge in [-0.05, 0) is 42.1 Å². The maximum absolute atomic E-state index is 10.2. The molecular weight excluding hydrogens is 240 g/mol. The van der Waals surface area contributed by atoms with Gasteiger partial charge in [0, 0.05) is 13.6 Å². The van der Waals surface area contributed by atoms with Crippen molar-refractivity contribution in [3.05, 3.63) is 34.7 Å². The molecule has 0 aliphatic heterocycles. The van der Waals surface area contributed by atoms with Crippen LogP contribution in [0.25, 0.3) is 0 Å². The van der Waals surface area contributed by atoms with Crippen molar-refractivity contribution in [2.75, 3.05) is 20.6 Å². The predicted molar refractivity (Wildman–Crippen MR) is 79.6 cm³/mol. The fourth-order valence-corrected chi connectivity index (χ4v) is 1.59. The molecular formula is C14H24N4O. The smallest absolute Gasteiger partial charge is 0.108 e. The van der Waals surface area contributed by atoms with E-state index in [1.54, 1.807) is 19.2 Å². The molecule has 1 rings (SSSR count). The van der Waals surface area contributed by atoms with Crippen LogP contribution in [0.3, 0.4) is 0 Å². The quantitative estimate of drug-likeness (QED) is 0.318. The van der Waals surface area contributed by atoms with Crippen LogP contribution in [0, 0.1) is 4.91 Å². The molecule has 0 aromatic heterocycles. The average molecular weight is 264 g/mol. The number of aryl methyl sites for hydroxylation is 1. The number of hydrogen-bond acceptors (Lipinski definition) is 4. The summed E-state index contributed by atoms with van der Waals surface area (Å²) in [6, 6.07) is 7.40. The Kier molecular flexibility index (Phi) is 10.3. The summed E-state index contributed by atoms with van der Waals surface area (Å²) in [5.41, 5.74) is 1.72. The molecule has 0 N–H and O–H groups in total. The Balaban J connectivity index is 0.00000154. The van der Waals surface area contributed by atoms with Gasteiger partial charge >= 0.3 is 0 Å². The lowest BCUT2D eigenvalue weighted by Gasteiger charge is -2.10. The van der Waals surface area contributed by atoms with Gasteiger partial charge < -0.3 is 0 Å². The molecule has 5 nitrogen and oxygen atoms in total. The summed E-state index contributed by atoms with van der Waals surface area (Å²) < 4.78 is 0. The molecule has 0 aliphatic carbocycles. The highest BCUT2D eigenvalue weighted by atomic mass is 16.3. The van der Waals surface area contributed by atoms with E-state index in [2.05, 4.69) is 15.5 Å². The zero-order valence-corrected chi connectivity index (χ0v) is 12.3. The molecule has 0 heterocycles. The van der Waals surface area contributed by atoms with Crippen LogP contribution < -0.4 is 0 Å². The van der Waals surface area contributed by atoms with Gasteiger partial charge in [-0.25, -0.2) is 0 Å². The number of nitroso groups, excluding NO2 is 1. The van der Waals surface area contributed by atoms with Gasteiger partial charge in [0.25, 0.3) is 0 Å². The Morgan fingerprint density at radius 1 is 1.11 bits per heavy atom. The summed E-state index contributed by atoms with van der Waals surface area (Å²) in [6.07, 6.45) is 3.18. The monoisotopic (exact) mass is 264 g/mol. The van der Waals surface area contributed by atoms with E-state index in [0.717, 1.165) is 25.8 Å². The zero-order chi connectivity index (χ0) is 14.5. The summed E-state index contributed by atoms with van der Waals surface area (Å²) >= 11 is 0. The minimum atomic E-state index is 0.483. The topological polar surface area (TPSA) is 57.4 Å². The van der Waals surface area contributed by atoms with Gasteiger partial charge in [-0.1, -0.05) is 31.2 Å². The molecule has 5 heteroatoms. The van der Waals surface area contributed by atoms with Crippen LogP contribution in [0.2, 0.25) is 0 Å². The van der Waals surface area contributed by atoms with Gasteiger partial charge in [-0.3, -0.25) is 5.01 Å². The van der Waals surface area contributed by atoms with Crippen LogP contribution in [0.4, 0.5) is 5.69 Å². The molecule has 19 heavy (non-hydrogen) atoms. The molecule has 0 amide bonds. The minimum Gasteiger partial charge on any atom is -0.282 e. The standard InChI is InChI=1S/C12H18N4O.C2H6/c1-13-15-16(2)10-4-3-5-11-6-8-12(14-17)9-7-11;1-2/h6-9H,3-5,10H2,1-2H3;1-2H3. The highest BCUT2D eigenvalue weighted by molar-refractivity contribution is 5.38. The molecule has 106 valence electrons. The highest BCUT2D eigenvalue weighted by Crippen LogP contribution is 2.13. The van der Waals surface area contributed by atoms with Crippen molar-refractivity contribution >= 4 is 5.69 Å². The van der Waals surface area contributed by atoms with Crippen LogP contribution in [-0.2, 0) is 6.42 Å². The molecule has 0 saturated carbocycles. The number of rotatable bonds is 7. The molecule has 0 spiro atoms. The average Bonchev–Trinajstić information content (AvgIpc) is 2.47. The first-order chi connectivity index (χ1) is 9.26. The lowest BCUT2D eigenvalue weighted by molar-refractivity contribution is 0.321. The highest BCUT2D eigenvalue weighted by Gasteiger charge is 1.97. The number of unbranched alkanes of at least 4 members (excludes halogenated alkanes) is 1. The molecule has 0 saturated heterocycles. The van der Waals surface area contributed by atoms with Crippen LogP contribution >= 0.6 is 0 Å². The van der Waals surface area contributed by atoms with Crippen molar-refractivity contribution < 1.29 is 0 Å². The van der Waals surface area contributed by atoms with Gasteiger partial charge in [-0.15, -0.1) is 4.91 Å². The van der Waals surface area contributed by atoms with Crippen molar-refractivity contribution in [2.24, 2.45) is 15.5 Å². The fraction of sp³-hybridized carbons (Fsp3) is 0.571. The van der Waals surface area contributed by atoms with Crippen molar-refractivity contribution in [1.82, 2.24) is 5.01 Å². The van der Waals surface area contributed by atoms with E-state index in [-0.39, 0.29) is 0 Å². The summed E-state index contributed by atoms with van der Waals surface area (Å²) in [6.45, 7) is 4.91.